The number of hydrogen-bond donors (Lipinski definition) is 1. The minimum Gasteiger partial charge on any atom is -0.361 e. The van der Waals surface area contributed by atoms with Gasteiger partial charge in [0.2, 0.25) is 5.95 Å². The van der Waals surface area contributed by atoms with Crippen LogP contribution in [0, 0.1) is 17.9 Å². The van der Waals surface area contributed by atoms with E-state index in [-0.39, 0.29) is 0 Å². The van der Waals surface area contributed by atoms with Crippen molar-refractivity contribution in [2.75, 3.05) is 37.6 Å². The number of aromatic amines is 1. The van der Waals surface area contributed by atoms with E-state index in [0.29, 0.717) is 17.3 Å². The number of nitriles is 1. The van der Waals surface area contributed by atoms with Gasteiger partial charge in [-0.25, -0.2) is 14.8 Å². The van der Waals surface area contributed by atoms with Crippen molar-refractivity contribution in [1.82, 2.24) is 19.9 Å². The van der Waals surface area contributed by atoms with E-state index in [1.54, 1.807) is 12.3 Å². The average Bonchev–Trinajstić information content (AvgIpc) is 3.16. The first kappa shape index (κ1) is 18.0. The second-order valence-corrected chi connectivity index (χ2v) is 6.94. The molecule has 3 aromatic rings. The fourth-order valence-electron chi connectivity index (χ4n) is 3.67. The summed E-state index contributed by atoms with van der Waals surface area (Å²) < 4.78 is 0. The summed E-state index contributed by atoms with van der Waals surface area (Å²) in [4.78, 5) is 20.0. The van der Waals surface area contributed by atoms with Crippen molar-refractivity contribution < 1.29 is 0 Å². The summed E-state index contributed by atoms with van der Waals surface area (Å²) in [6.07, 6.45) is 5.79. The lowest BCUT2D eigenvalue weighted by Crippen LogP contribution is -2.47. The maximum Gasteiger partial charge on any atom is 0.226 e. The molecule has 7 heteroatoms. The zero-order valence-corrected chi connectivity index (χ0v) is 15.6. The number of piperazine rings is 1. The largest absolute Gasteiger partial charge is 0.361 e. The molecule has 28 heavy (non-hydrogen) atoms. The number of benzene rings is 1. The lowest BCUT2D eigenvalue weighted by molar-refractivity contribution is 0.254. The van der Waals surface area contributed by atoms with E-state index in [2.05, 4.69) is 41.9 Å². The maximum atomic E-state index is 8.99. The van der Waals surface area contributed by atoms with Crippen LogP contribution in [0.4, 0.5) is 11.6 Å². The molecule has 0 spiro atoms. The lowest BCUT2D eigenvalue weighted by Gasteiger charge is -2.34. The molecule has 1 aliphatic rings. The van der Waals surface area contributed by atoms with E-state index in [1.807, 2.05) is 18.2 Å². The first-order valence-corrected chi connectivity index (χ1v) is 9.45. The Hall–Kier alpha value is -3.42. The van der Waals surface area contributed by atoms with E-state index < -0.39 is 0 Å². The molecule has 0 atom stereocenters. The van der Waals surface area contributed by atoms with Gasteiger partial charge in [0.05, 0.1) is 6.57 Å². The number of aryl methyl sites for hydroxylation is 1. The zero-order chi connectivity index (χ0) is 19.3. The Kier molecular flexibility index (Phi) is 5.18. The topological polar surface area (TPSA) is 76.2 Å². The zero-order valence-electron chi connectivity index (χ0n) is 15.6. The van der Waals surface area contributed by atoms with Crippen molar-refractivity contribution in [3.8, 4) is 6.07 Å². The second-order valence-electron chi connectivity index (χ2n) is 6.94. The van der Waals surface area contributed by atoms with Crippen LogP contribution in [-0.2, 0) is 6.42 Å². The highest BCUT2D eigenvalue weighted by Crippen LogP contribution is 2.25. The van der Waals surface area contributed by atoms with Gasteiger partial charge in [0.25, 0.3) is 0 Å². The van der Waals surface area contributed by atoms with Gasteiger partial charge in [0, 0.05) is 44.1 Å². The van der Waals surface area contributed by atoms with Gasteiger partial charge in [0.15, 0.2) is 5.69 Å². The van der Waals surface area contributed by atoms with Crippen molar-refractivity contribution in [3.63, 3.8) is 0 Å². The number of aromatic nitrogens is 3. The first-order chi connectivity index (χ1) is 13.8. The van der Waals surface area contributed by atoms with E-state index >= 15 is 0 Å². The van der Waals surface area contributed by atoms with E-state index in [0.717, 1.165) is 56.5 Å². The minimum absolute atomic E-state index is 0.410. The highest BCUT2D eigenvalue weighted by Gasteiger charge is 2.19. The molecule has 0 aliphatic carbocycles. The Bertz CT molecular complexity index is 1050. The Morgan fingerprint density at radius 3 is 2.86 bits per heavy atom. The number of H-pyrrole nitrogens is 1. The molecule has 1 aromatic carbocycles. The van der Waals surface area contributed by atoms with Gasteiger partial charge in [-0.15, -0.1) is 0 Å². The minimum atomic E-state index is 0.410. The predicted molar refractivity (Wildman–Crippen MR) is 108 cm³/mol. The molecule has 2 aromatic heterocycles. The van der Waals surface area contributed by atoms with Gasteiger partial charge < -0.3 is 9.88 Å². The summed E-state index contributed by atoms with van der Waals surface area (Å²) in [5.41, 5.74) is 3.47. The summed E-state index contributed by atoms with van der Waals surface area (Å²) in [5.74, 6) is 0.646. The molecule has 7 nitrogen and oxygen atoms in total. The average molecular weight is 371 g/mol. The van der Waals surface area contributed by atoms with E-state index in [9.17, 15) is 0 Å². The van der Waals surface area contributed by atoms with Crippen LogP contribution in [0.3, 0.4) is 0 Å². The third-order valence-corrected chi connectivity index (χ3v) is 5.21. The third kappa shape index (κ3) is 3.80. The molecule has 0 saturated carbocycles. The van der Waals surface area contributed by atoms with Crippen LogP contribution in [0.2, 0.25) is 0 Å². The molecule has 1 saturated heterocycles. The smallest absolute Gasteiger partial charge is 0.226 e. The van der Waals surface area contributed by atoms with Crippen molar-refractivity contribution >= 4 is 22.5 Å². The summed E-state index contributed by atoms with van der Waals surface area (Å²) in [6.45, 7) is 11.9. The first-order valence-electron chi connectivity index (χ1n) is 9.45. The lowest BCUT2D eigenvalue weighted by atomic mass is 10.1. The van der Waals surface area contributed by atoms with Crippen molar-refractivity contribution in [3.05, 3.63) is 59.3 Å². The van der Waals surface area contributed by atoms with E-state index in [1.165, 1.54) is 5.56 Å². The van der Waals surface area contributed by atoms with Crippen LogP contribution in [0.15, 0.2) is 36.7 Å². The highest BCUT2D eigenvalue weighted by atomic mass is 15.3. The van der Waals surface area contributed by atoms with Gasteiger partial charge >= 0.3 is 0 Å². The summed E-state index contributed by atoms with van der Waals surface area (Å²) in [7, 11) is 0. The van der Waals surface area contributed by atoms with Crippen molar-refractivity contribution in [1.29, 1.82) is 5.26 Å². The Morgan fingerprint density at radius 1 is 1.21 bits per heavy atom. The van der Waals surface area contributed by atoms with Gasteiger partial charge in [-0.2, -0.15) is 5.26 Å². The monoisotopic (exact) mass is 371 g/mol. The molecule has 1 aliphatic heterocycles. The second kappa shape index (κ2) is 8.08. The fourth-order valence-corrected chi connectivity index (χ4v) is 3.67. The van der Waals surface area contributed by atoms with Crippen LogP contribution in [0.5, 0.6) is 0 Å². The summed E-state index contributed by atoms with van der Waals surface area (Å²) in [5, 5.41) is 10.1. The molecule has 1 fully saturated rings. The van der Waals surface area contributed by atoms with Crippen LogP contribution in [0.1, 0.15) is 17.7 Å². The number of hydrogen-bond acceptors (Lipinski definition) is 5. The van der Waals surface area contributed by atoms with Crippen LogP contribution in [-0.4, -0.2) is 52.6 Å². The van der Waals surface area contributed by atoms with Crippen LogP contribution in [0.25, 0.3) is 15.7 Å². The fraction of sp³-hybridized carbons (Fsp3) is 0.333. The van der Waals surface area contributed by atoms with E-state index in [4.69, 9.17) is 11.8 Å². The van der Waals surface area contributed by atoms with Crippen molar-refractivity contribution in [2.24, 2.45) is 0 Å². The van der Waals surface area contributed by atoms with Crippen LogP contribution < -0.4 is 4.90 Å². The SMILES string of the molecule is [C-]#[N+]c1ccc2[nH]cc(CCCN3CCN(c4nccc(C#N)n4)CC3)c2c1. The number of rotatable bonds is 5. The quantitative estimate of drug-likeness (QED) is 0.697. The van der Waals surface area contributed by atoms with Gasteiger partial charge in [-0.3, -0.25) is 4.90 Å². The molecule has 140 valence electrons. The summed E-state index contributed by atoms with van der Waals surface area (Å²) in [6, 6.07) is 9.51. The molecular weight excluding hydrogens is 350 g/mol. The Morgan fingerprint density at radius 2 is 2.07 bits per heavy atom. The molecular formula is C21H21N7. The Labute approximate surface area is 164 Å². The maximum absolute atomic E-state index is 8.99. The van der Waals surface area contributed by atoms with Gasteiger partial charge in [0.1, 0.15) is 11.8 Å². The van der Waals surface area contributed by atoms with Gasteiger partial charge in [-0.05, 0) is 48.5 Å². The molecule has 0 unspecified atom stereocenters. The number of nitrogens with one attached hydrogen (secondary N) is 1. The van der Waals surface area contributed by atoms with Gasteiger partial charge in [-0.1, -0.05) is 6.07 Å². The number of fused-ring (bicyclic) bond motifs is 1. The van der Waals surface area contributed by atoms with Crippen LogP contribution >= 0.6 is 0 Å². The molecule has 0 radical (unpaired) electrons. The molecule has 3 heterocycles. The number of anilines is 1. The predicted octanol–water partition coefficient (Wildman–Crippen LogP) is 3.14. The third-order valence-electron chi connectivity index (χ3n) is 5.21. The normalized spacial score (nSPS) is 14.7. The molecule has 4 rings (SSSR count). The Balaban J connectivity index is 1.29. The molecule has 0 bridgehead atoms. The molecule has 0 amide bonds. The molecule has 1 N–H and O–H groups in total. The van der Waals surface area contributed by atoms with Crippen molar-refractivity contribution in [2.45, 2.75) is 12.8 Å². The highest BCUT2D eigenvalue weighted by molar-refractivity contribution is 5.86. The standard InChI is InChI=1S/C21H21N7/c1-23-17-4-5-20-19(13-17)16(15-25-20)3-2-8-27-9-11-28(12-10-27)21-24-7-6-18(14-22)26-21/h4-7,13,15,25H,2-3,8-12H2. The summed E-state index contributed by atoms with van der Waals surface area (Å²) >= 11 is 0. The number of nitrogens with zero attached hydrogens (tertiary/aromatic N) is 6.